The monoisotopic (exact) mass is 206 g/mol. The highest BCUT2D eigenvalue weighted by atomic mass is 16.5. The van der Waals surface area contributed by atoms with E-state index in [1.807, 2.05) is 13.0 Å². The number of hydrogen-bond donors (Lipinski definition) is 1. The molecule has 1 N–H and O–H groups in total. The van der Waals surface area contributed by atoms with Gasteiger partial charge in [-0.05, 0) is 24.0 Å². The van der Waals surface area contributed by atoms with Crippen LogP contribution in [0, 0.1) is 0 Å². The van der Waals surface area contributed by atoms with Crippen molar-refractivity contribution in [3.05, 3.63) is 28.8 Å². The van der Waals surface area contributed by atoms with Crippen molar-refractivity contribution >= 4 is 0 Å². The molecule has 2 nitrogen and oxygen atoms in total. The van der Waals surface area contributed by atoms with E-state index in [9.17, 15) is 5.11 Å². The summed E-state index contributed by atoms with van der Waals surface area (Å²) in [5.41, 5.74) is 2.92. The molecule has 2 heteroatoms. The number of fused-ring (bicyclic) bond motifs is 1. The third-order valence-electron chi connectivity index (χ3n) is 3.42. The number of aromatic hydroxyl groups is 1. The van der Waals surface area contributed by atoms with E-state index >= 15 is 0 Å². The van der Waals surface area contributed by atoms with E-state index < -0.39 is 0 Å². The van der Waals surface area contributed by atoms with Crippen LogP contribution in [0.1, 0.15) is 43.4 Å². The lowest BCUT2D eigenvalue weighted by Crippen LogP contribution is -2.37. The molecule has 0 bridgehead atoms. The van der Waals surface area contributed by atoms with Gasteiger partial charge in [0.25, 0.3) is 0 Å². The summed E-state index contributed by atoms with van der Waals surface area (Å²) in [7, 11) is 1.70. The zero-order valence-corrected chi connectivity index (χ0v) is 9.79. The zero-order chi connectivity index (χ0) is 11.2. The van der Waals surface area contributed by atoms with Crippen molar-refractivity contribution in [3.8, 4) is 5.75 Å². The van der Waals surface area contributed by atoms with E-state index in [2.05, 4.69) is 19.9 Å². The Morgan fingerprint density at radius 1 is 1.40 bits per heavy atom. The fourth-order valence-electron chi connectivity index (χ4n) is 2.37. The molecule has 1 atom stereocenters. The first-order valence-electron chi connectivity index (χ1n) is 5.40. The maximum absolute atomic E-state index is 10.2. The van der Waals surface area contributed by atoms with Crippen molar-refractivity contribution in [2.75, 3.05) is 7.11 Å². The molecule has 0 amide bonds. The van der Waals surface area contributed by atoms with Gasteiger partial charge in [0.05, 0.1) is 5.60 Å². The third kappa shape index (κ3) is 1.36. The zero-order valence-electron chi connectivity index (χ0n) is 9.79. The van der Waals surface area contributed by atoms with Crippen LogP contribution in [-0.4, -0.2) is 12.2 Å². The van der Waals surface area contributed by atoms with Gasteiger partial charge in [0.15, 0.2) is 0 Å². The molecule has 82 valence electrons. The van der Waals surface area contributed by atoms with E-state index in [0.29, 0.717) is 11.7 Å². The fourth-order valence-corrected chi connectivity index (χ4v) is 2.37. The van der Waals surface area contributed by atoms with Gasteiger partial charge in [-0.3, -0.25) is 0 Å². The minimum Gasteiger partial charge on any atom is -0.507 e. The van der Waals surface area contributed by atoms with Gasteiger partial charge in [-0.25, -0.2) is 0 Å². The van der Waals surface area contributed by atoms with Crippen LogP contribution in [0.3, 0.4) is 0 Å². The van der Waals surface area contributed by atoms with Gasteiger partial charge in [0.2, 0.25) is 0 Å². The van der Waals surface area contributed by atoms with Crippen LogP contribution in [0.25, 0.3) is 0 Å². The molecule has 1 aromatic rings. The molecule has 0 saturated heterocycles. The Hall–Kier alpha value is -1.02. The van der Waals surface area contributed by atoms with Gasteiger partial charge in [0, 0.05) is 19.1 Å². The fraction of sp³-hybridized carbons (Fsp3) is 0.538. The molecule has 0 spiro atoms. The molecule has 0 aromatic heterocycles. The smallest absolute Gasteiger partial charge is 0.125 e. The van der Waals surface area contributed by atoms with Crippen molar-refractivity contribution in [3.63, 3.8) is 0 Å². The van der Waals surface area contributed by atoms with Crippen molar-refractivity contribution < 1.29 is 9.84 Å². The molecule has 1 aliphatic carbocycles. The molecule has 1 aliphatic rings. The summed E-state index contributed by atoms with van der Waals surface area (Å²) in [5, 5.41) is 10.2. The summed E-state index contributed by atoms with van der Waals surface area (Å²) >= 11 is 0. The Kier molecular flexibility index (Phi) is 2.27. The number of benzene rings is 1. The van der Waals surface area contributed by atoms with Crippen molar-refractivity contribution in [2.45, 2.75) is 38.7 Å². The summed E-state index contributed by atoms with van der Waals surface area (Å²) < 4.78 is 5.46. The third-order valence-corrected chi connectivity index (χ3v) is 3.42. The molecule has 0 radical (unpaired) electrons. The average molecular weight is 206 g/mol. The van der Waals surface area contributed by atoms with Crippen molar-refractivity contribution in [1.82, 2.24) is 0 Å². The predicted molar refractivity (Wildman–Crippen MR) is 60.3 cm³/mol. The van der Waals surface area contributed by atoms with Gasteiger partial charge in [-0.15, -0.1) is 0 Å². The van der Waals surface area contributed by atoms with E-state index in [0.717, 1.165) is 17.5 Å². The summed E-state index contributed by atoms with van der Waals surface area (Å²) in [5.74, 6) is 0.773. The Morgan fingerprint density at radius 2 is 2.07 bits per heavy atom. The minimum atomic E-state index is -0.287. The minimum absolute atomic E-state index is 0.287. The van der Waals surface area contributed by atoms with Gasteiger partial charge in [-0.1, -0.05) is 26.0 Å². The first kappa shape index (κ1) is 10.5. The molecule has 0 heterocycles. The van der Waals surface area contributed by atoms with Crippen molar-refractivity contribution in [2.24, 2.45) is 0 Å². The Labute approximate surface area is 90.9 Å². The van der Waals surface area contributed by atoms with Gasteiger partial charge in [0.1, 0.15) is 5.75 Å². The molecule has 1 aromatic carbocycles. The molecule has 15 heavy (non-hydrogen) atoms. The summed E-state index contributed by atoms with van der Waals surface area (Å²) in [6.45, 7) is 6.20. The SMILES string of the molecule is CO[C@]1(C)Cc2ccc(C(C)C)c(O)c21. The first-order valence-corrected chi connectivity index (χ1v) is 5.40. The lowest BCUT2D eigenvalue weighted by molar-refractivity contribution is -0.0204. The Morgan fingerprint density at radius 3 is 2.60 bits per heavy atom. The van der Waals surface area contributed by atoms with Crippen LogP contribution in [0.4, 0.5) is 0 Å². The molecular formula is C13H18O2. The summed E-state index contributed by atoms with van der Waals surface area (Å²) in [4.78, 5) is 0. The van der Waals surface area contributed by atoms with Crippen LogP contribution in [0.15, 0.2) is 12.1 Å². The molecule has 2 rings (SSSR count). The first-order chi connectivity index (χ1) is 6.99. The normalized spacial score (nSPS) is 23.8. The lowest BCUT2D eigenvalue weighted by atomic mass is 9.72. The highest BCUT2D eigenvalue weighted by molar-refractivity contribution is 5.55. The molecule has 0 aliphatic heterocycles. The second-order valence-corrected chi connectivity index (χ2v) is 4.80. The number of hydrogen-bond acceptors (Lipinski definition) is 2. The molecule has 0 fully saturated rings. The molecule has 0 unspecified atom stereocenters. The largest absolute Gasteiger partial charge is 0.507 e. The van der Waals surface area contributed by atoms with Crippen LogP contribution < -0.4 is 0 Å². The van der Waals surface area contributed by atoms with E-state index in [1.165, 1.54) is 5.56 Å². The quantitative estimate of drug-likeness (QED) is 0.806. The number of methoxy groups -OCH3 is 1. The maximum atomic E-state index is 10.2. The van der Waals surface area contributed by atoms with Crippen LogP contribution in [-0.2, 0) is 16.8 Å². The Bertz CT molecular complexity index is 396. The van der Waals surface area contributed by atoms with E-state index in [1.54, 1.807) is 7.11 Å². The second kappa shape index (κ2) is 3.24. The lowest BCUT2D eigenvalue weighted by Gasteiger charge is -2.41. The number of phenols is 1. The topological polar surface area (TPSA) is 29.5 Å². The highest BCUT2D eigenvalue weighted by Gasteiger charge is 2.42. The van der Waals surface area contributed by atoms with Crippen LogP contribution >= 0.6 is 0 Å². The van der Waals surface area contributed by atoms with Crippen LogP contribution in [0.2, 0.25) is 0 Å². The second-order valence-electron chi connectivity index (χ2n) is 4.80. The number of rotatable bonds is 2. The van der Waals surface area contributed by atoms with Gasteiger partial charge >= 0.3 is 0 Å². The predicted octanol–water partition coefficient (Wildman–Crippen LogP) is 2.93. The van der Waals surface area contributed by atoms with Gasteiger partial charge in [-0.2, -0.15) is 0 Å². The average Bonchev–Trinajstić information content (AvgIpc) is 2.14. The van der Waals surface area contributed by atoms with E-state index in [-0.39, 0.29) is 5.60 Å². The van der Waals surface area contributed by atoms with Crippen LogP contribution in [0.5, 0.6) is 5.75 Å². The molecule has 0 saturated carbocycles. The Balaban J connectivity index is 2.53. The standard InChI is InChI=1S/C13H18O2/c1-8(2)10-6-5-9-7-13(3,15-4)11(9)12(10)14/h5-6,8,14H,7H2,1-4H3/t13-/m1/s1. The number of ether oxygens (including phenoxy) is 1. The van der Waals surface area contributed by atoms with Crippen molar-refractivity contribution in [1.29, 1.82) is 0 Å². The number of phenolic OH excluding ortho intramolecular Hbond substituents is 1. The van der Waals surface area contributed by atoms with Gasteiger partial charge < -0.3 is 9.84 Å². The maximum Gasteiger partial charge on any atom is 0.125 e. The van der Waals surface area contributed by atoms with E-state index in [4.69, 9.17) is 4.74 Å². The molecular weight excluding hydrogens is 188 g/mol. The summed E-state index contributed by atoms with van der Waals surface area (Å²) in [6, 6.07) is 4.12. The highest BCUT2D eigenvalue weighted by Crippen LogP contribution is 2.48. The summed E-state index contributed by atoms with van der Waals surface area (Å²) in [6.07, 6.45) is 0.894.